The fourth-order valence-electron chi connectivity index (χ4n) is 4.07. The van der Waals surface area contributed by atoms with E-state index >= 15 is 0 Å². The van der Waals surface area contributed by atoms with Gasteiger partial charge in [0.2, 0.25) is 0 Å². The number of carbonyl (C=O) groups is 2. The fraction of sp³-hybridized carbons (Fsp3) is 0.407. The van der Waals surface area contributed by atoms with Crippen molar-refractivity contribution in [3.63, 3.8) is 0 Å². The summed E-state index contributed by atoms with van der Waals surface area (Å²) in [6.07, 6.45) is 0.510. The highest BCUT2D eigenvalue weighted by Crippen LogP contribution is 2.42. The second-order valence-electron chi connectivity index (χ2n) is 8.96. The van der Waals surface area contributed by atoms with Crippen LogP contribution in [0.15, 0.2) is 42.0 Å². The predicted octanol–water partition coefficient (Wildman–Crippen LogP) is 4.20. The molecular weight excluding hydrogens is 450 g/mol. The molecule has 2 aromatic rings. The topological polar surface area (TPSA) is 106 Å². The Morgan fingerprint density at radius 3 is 2.46 bits per heavy atom. The second kappa shape index (κ2) is 11.3. The Hall–Kier alpha value is -3.52. The Labute approximate surface area is 205 Å². The number of aliphatic hydroxyl groups is 1. The molecule has 3 rings (SSSR count). The Kier molecular flexibility index (Phi) is 8.40. The van der Waals surface area contributed by atoms with E-state index in [1.807, 2.05) is 6.92 Å². The number of methoxy groups -OCH3 is 2. The Balaban J connectivity index is 2.10. The number of phenols is 1. The molecule has 0 saturated carbocycles. The van der Waals surface area contributed by atoms with Gasteiger partial charge in [0, 0.05) is 25.8 Å². The summed E-state index contributed by atoms with van der Waals surface area (Å²) in [4.78, 5) is 27.6. The third kappa shape index (κ3) is 5.59. The molecule has 1 aliphatic heterocycles. The van der Waals surface area contributed by atoms with Crippen molar-refractivity contribution in [2.75, 3.05) is 34.0 Å². The lowest BCUT2D eigenvalue weighted by atomic mass is 9.94. The molecule has 2 N–H and O–H groups in total. The van der Waals surface area contributed by atoms with Crippen molar-refractivity contribution in [2.45, 2.75) is 33.2 Å². The molecule has 1 atom stereocenters. The van der Waals surface area contributed by atoms with Crippen LogP contribution in [0.4, 0.5) is 0 Å². The number of nitrogens with zero attached hydrogens (tertiary/aromatic N) is 1. The van der Waals surface area contributed by atoms with E-state index in [2.05, 4.69) is 13.8 Å². The summed E-state index contributed by atoms with van der Waals surface area (Å²) in [6, 6.07) is 8.92. The summed E-state index contributed by atoms with van der Waals surface area (Å²) in [5.74, 6) is -0.558. The van der Waals surface area contributed by atoms with E-state index in [4.69, 9.17) is 14.2 Å². The quantitative estimate of drug-likeness (QED) is 0.226. The highest BCUT2D eigenvalue weighted by atomic mass is 16.5. The van der Waals surface area contributed by atoms with Crippen LogP contribution in [0, 0.1) is 12.8 Å². The molecule has 1 heterocycles. The van der Waals surface area contributed by atoms with Crippen LogP contribution in [0.1, 0.15) is 43.0 Å². The van der Waals surface area contributed by atoms with E-state index in [1.54, 1.807) is 37.4 Å². The molecule has 1 aliphatic rings. The van der Waals surface area contributed by atoms with Gasteiger partial charge in [0.25, 0.3) is 11.7 Å². The SMILES string of the molecule is COCCCN1C(=O)C(=O)/C(=C(/O)c2ccc(OCC(C)C)c(C)c2)C1c1ccc(O)c(OC)c1. The van der Waals surface area contributed by atoms with Gasteiger partial charge in [-0.15, -0.1) is 0 Å². The van der Waals surface area contributed by atoms with Crippen LogP contribution >= 0.6 is 0 Å². The first-order chi connectivity index (χ1) is 16.7. The minimum Gasteiger partial charge on any atom is -0.507 e. The average Bonchev–Trinajstić information content (AvgIpc) is 3.08. The first kappa shape index (κ1) is 26.1. The Bertz CT molecular complexity index is 1120. The van der Waals surface area contributed by atoms with Gasteiger partial charge in [-0.05, 0) is 60.7 Å². The molecular formula is C27H33NO7. The maximum absolute atomic E-state index is 13.2. The molecule has 35 heavy (non-hydrogen) atoms. The normalized spacial score (nSPS) is 17.3. The summed E-state index contributed by atoms with van der Waals surface area (Å²) in [5.41, 5.74) is 1.72. The summed E-state index contributed by atoms with van der Waals surface area (Å²) < 4.78 is 16.2. The predicted molar refractivity (Wildman–Crippen MR) is 132 cm³/mol. The molecule has 1 unspecified atom stereocenters. The number of aryl methyl sites for hydroxylation is 1. The van der Waals surface area contributed by atoms with Gasteiger partial charge in [-0.1, -0.05) is 19.9 Å². The van der Waals surface area contributed by atoms with Crippen molar-refractivity contribution >= 4 is 17.4 Å². The van der Waals surface area contributed by atoms with E-state index in [1.165, 1.54) is 18.1 Å². The van der Waals surface area contributed by atoms with E-state index in [0.717, 1.165) is 5.56 Å². The van der Waals surface area contributed by atoms with E-state index in [-0.39, 0.29) is 29.4 Å². The van der Waals surface area contributed by atoms with E-state index in [9.17, 15) is 19.8 Å². The number of aromatic hydroxyl groups is 1. The number of likely N-dealkylation sites (tertiary alicyclic amines) is 1. The molecule has 1 saturated heterocycles. The third-order valence-corrected chi connectivity index (χ3v) is 5.83. The average molecular weight is 484 g/mol. The van der Waals surface area contributed by atoms with Gasteiger partial charge in [0.1, 0.15) is 11.5 Å². The number of benzene rings is 2. The van der Waals surface area contributed by atoms with Crippen LogP contribution in [0.3, 0.4) is 0 Å². The van der Waals surface area contributed by atoms with Gasteiger partial charge in [-0.2, -0.15) is 0 Å². The first-order valence-corrected chi connectivity index (χ1v) is 11.6. The third-order valence-electron chi connectivity index (χ3n) is 5.83. The zero-order chi connectivity index (χ0) is 25.7. The van der Waals surface area contributed by atoms with E-state index in [0.29, 0.717) is 42.4 Å². The zero-order valence-electron chi connectivity index (χ0n) is 20.8. The molecule has 2 aromatic carbocycles. The maximum Gasteiger partial charge on any atom is 0.295 e. The lowest BCUT2D eigenvalue weighted by Crippen LogP contribution is -2.31. The molecule has 1 fully saturated rings. The lowest BCUT2D eigenvalue weighted by Gasteiger charge is -2.25. The number of amides is 1. The standard InChI is InChI=1S/C27H33NO7/c1-16(2)15-35-21-10-8-19(13-17(21)3)25(30)23-24(18-7-9-20(29)22(14-18)34-5)28(11-6-12-33-4)27(32)26(23)31/h7-10,13-14,16,24,29-30H,6,11-12,15H2,1-5H3/b25-23+. The number of Topliss-reactive ketones (excluding diaryl/α,β-unsaturated/α-hetero) is 1. The van der Waals surface area contributed by atoms with Gasteiger partial charge < -0.3 is 29.3 Å². The minimum atomic E-state index is -0.849. The summed E-state index contributed by atoms with van der Waals surface area (Å²) >= 11 is 0. The van der Waals surface area contributed by atoms with Crippen molar-refractivity contribution in [3.8, 4) is 17.2 Å². The molecule has 8 nitrogen and oxygen atoms in total. The number of hydrogen-bond acceptors (Lipinski definition) is 7. The highest BCUT2D eigenvalue weighted by molar-refractivity contribution is 6.46. The van der Waals surface area contributed by atoms with Crippen LogP contribution in [-0.4, -0.2) is 60.8 Å². The number of ketones is 1. The van der Waals surface area contributed by atoms with Crippen LogP contribution in [-0.2, 0) is 14.3 Å². The van der Waals surface area contributed by atoms with Crippen LogP contribution in [0.5, 0.6) is 17.2 Å². The zero-order valence-corrected chi connectivity index (χ0v) is 20.8. The molecule has 0 spiro atoms. The Morgan fingerprint density at radius 1 is 1.09 bits per heavy atom. The van der Waals surface area contributed by atoms with Gasteiger partial charge in [0.05, 0.1) is 25.3 Å². The van der Waals surface area contributed by atoms with Crippen molar-refractivity contribution < 1.29 is 34.0 Å². The fourth-order valence-corrected chi connectivity index (χ4v) is 4.07. The monoisotopic (exact) mass is 483 g/mol. The summed E-state index contributed by atoms with van der Waals surface area (Å²) in [7, 11) is 2.98. The minimum absolute atomic E-state index is 0.0181. The highest BCUT2D eigenvalue weighted by Gasteiger charge is 2.46. The van der Waals surface area contributed by atoms with Crippen molar-refractivity contribution in [1.82, 2.24) is 4.90 Å². The van der Waals surface area contributed by atoms with Gasteiger partial charge in [-0.3, -0.25) is 9.59 Å². The smallest absolute Gasteiger partial charge is 0.295 e. The number of rotatable bonds is 10. The molecule has 1 amide bonds. The number of phenolic OH excluding ortho intramolecular Hbond substituents is 1. The van der Waals surface area contributed by atoms with Crippen LogP contribution < -0.4 is 9.47 Å². The number of aliphatic hydroxyl groups excluding tert-OH is 1. The molecule has 0 aliphatic carbocycles. The molecule has 0 radical (unpaired) electrons. The van der Waals surface area contributed by atoms with Crippen LogP contribution in [0.25, 0.3) is 5.76 Å². The Morgan fingerprint density at radius 2 is 1.83 bits per heavy atom. The molecule has 8 heteroatoms. The van der Waals surface area contributed by atoms with Crippen molar-refractivity contribution in [2.24, 2.45) is 5.92 Å². The molecule has 0 aromatic heterocycles. The molecule has 188 valence electrons. The van der Waals surface area contributed by atoms with Gasteiger partial charge >= 0.3 is 0 Å². The van der Waals surface area contributed by atoms with E-state index < -0.39 is 17.7 Å². The summed E-state index contributed by atoms with van der Waals surface area (Å²) in [6.45, 7) is 7.19. The summed E-state index contributed by atoms with van der Waals surface area (Å²) in [5, 5.41) is 21.3. The van der Waals surface area contributed by atoms with Gasteiger partial charge in [-0.25, -0.2) is 0 Å². The first-order valence-electron chi connectivity index (χ1n) is 11.6. The maximum atomic E-state index is 13.2. The van der Waals surface area contributed by atoms with Crippen LogP contribution in [0.2, 0.25) is 0 Å². The van der Waals surface area contributed by atoms with Gasteiger partial charge in [0.15, 0.2) is 11.5 Å². The largest absolute Gasteiger partial charge is 0.507 e. The molecule has 0 bridgehead atoms. The van der Waals surface area contributed by atoms with Crippen molar-refractivity contribution in [1.29, 1.82) is 0 Å². The van der Waals surface area contributed by atoms with Crippen molar-refractivity contribution in [3.05, 3.63) is 58.7 Å². The second-order valence-corrected chi connectivity index (χ2v) is 8.96. The number of hydrogen-bond donors (Lipinski definition) is 2. The lowest BCUT2D eigenvalue weighted by molar-refractivity contribution is -0.140. The number of carbonyl (C=O) groups excluding carboxylic acids is 2. The number of ether oxygens (including phenoxy) is 3.